The van der Waals surface area contributed by atoms with Gasteiger partial charge in [0.1, 0.15) is 5.60 Å². The van der Waals surface area contributed by atoms with E-state index in [1.165, 1.54) is 17.0 Å². The highest BCUT2D eigenvalue weighted by atomic mass is 19.4. The van der Waals surface area contributed by atoms with Crippen LogP contribution in [0.25, 0.3) is 0 Å². The van der Waals surface area contributed by atoms with Gasteiger partial charge in [-0.05, 0) is 35.9 Å². The summed E-state index contributed by atoms with van der Waals surface area (Å²) in [5.74, 6) is -2.25. The molecular formula is C22H18F3N3O3. The molecular weight excluding hydrogens is 411 g/mol. The van der Waals surface area contributed by atoms with Gasteiger partial charge in [-0.25, -0.2) is 0 Å². The van der Waals surface area contributed by atoms with Gasteiger partial charge in [0.2, 0.25) is 11.8 Å². The third kappa shape index (κ3) is 3.20. The number of aromatic nitrogens is 1. The van der Waals surface area contributed by atoms with Crippen molar-refractivity contribution in [2.24, 2.45) is 11.8 Å². The van der Waals surface area contributed by atoms with Crippen molar-refractivity contribution in [2.45, 2.75) is 24.4 Å². The van der Waals surface area contributed by atoms with E-state index in [4.69, 9.17) is 4.74 Å². The van der Waals surface area contributed by atoms with Crippen LogP contribution in [0.2, 0.25) is 0 Å². The molecule has 0 saturated carbocycles. The minimum absolute atomic E-state index is 0.0684. The van der Waals surface area contributed by atoms with Gasteiger partial charge in [-0.15, -0.1) is 0 Å². The van der Waals surface area contributed by atoms with Crippen LogP contribution in [0.5, 0.6) is 0 Å². The highest BCUT2D eigenvalue weighted by Gasteiger charge is 2.67. The number of pyridine rings is 1. The van der Waals surface area contributed by atoms with E-state index in [-0.39, 0.29) is 24.7 Å². The molecule has 2 aromatic rings. The second-order valence-electron chi connectivity index (χ2n) is 7.95. The summed E-state index contributed by atoms with van der Waals surface area (Å²) < 4.78 is 45.4. The standard InChI is InChI=1S/C22H18F3N3O3/c23-22(24,25)14-2-1-3-15(10-14)28-12-21-7-4-16(31-21)17(18(21)20(28)30)19(29)27-11-13-5-8-26-9-6-13/h1-10,16-18H,11-12H2,(H,27,29)/t16-,17-,18+,21-/m1/s1. The Balaban J connectivity index is 1.39. The zero-order valence-electron chi connectivity index (χ0n) is 16.2. The number of anilines is 1. The second-order valence-corrected chi connectivity index (χ2v) is 7.95. The van der Waals surface area contributed by atoms with Gasteiger partial charge in [0, 0.05) is 24.6 Å². The fourth-order valence-corrected chi connectivity index (χ4v) is 4.67. The van der Waals surface area contributed by atoms with Crippen molar-refractivity contribution in [1.82, 2.24) is 10.3 Å². The normalized spacial score (nSPS) is 28.8. The molecule has 2 amide bonds. The molecule has 0 unspecified atom stereocenters. The largest absolute Gasteiger partial charge is 0.416 e. The molecule has 160 valence electrons. The molecule has 3 aliphatic rings. The molecule has 4 atom stereocenters. The van der Waals surface area contributed by atoms with Crippen molar-refractivity contribution in [1.29, 1.82) is 0 Å². The van der Waals surface area contributed by atoms with Crippen molar-refractivity contribution >= 4 is 17.5 Å². The summed E-state index contributed by atoms with van der Waals surface area (Å²) in [5, 5.41) is 2.84. The van der Waals surface area contributed by atoms with E-state index >= 15 is 0 Å². The van der Waals surface area contributed by atoms with Gasteiger partial charge in [-0.1, -0.05) is 18.2 Å². The fourth-order valence-electron chi connectivity index (χ4n) is 4.67. The lowest BCUT2D eigenvalue weighted by molar-refractivity contribution is -0.137. The summed E-state index contributed by atoms with van der Waals surface area (Å²) in [6, 6.07) is 8.18. The lowest BCUT2D eigenvalue weighted by atomic mass is 9.77. The van der Waals surface area contributed by atoms with Crippen molar-refractivity contribution < 1.29 is 27.5 Å². The number of carbonyl (C=O) groups excluding carboxylic acids is 2. The number of amides is 2. The number of hydrogen-bond acceptors (Lipinski definition) is 4. The van der Waals surface area contributed by atoms with Gasteiger partial charge in [-0.3, -0.25) is 14.6 Å². The number of carbonyl (C=O) groups is 2. The molecule has 2 bridgehead atoms. The van der Waals surface area contributed by atoms with Crippen LogP contribution < -0.4 is 10.2 Å². The number of benzene rings is 1. The zero-order chi connectivity index (χ0) is 21.8. The Morgan fingerprint density at radius 1 is 1.26 bits per heavy atom. The summed E-state index contributed by atoms with van der Waals surface area (Å²) >= 11 is 0. The Morgan fingerprint density at radius 2 is 2.03 bits per heavy atom. The molecule has 0 radical (unpaired) electrons. The minimum atomic E-state index is -4.52. The zero-order valence-corrected chi connectivity index (χ0v) is 16.2. The summed E-state index contributed by atoms with van der Waals surface area (Å²) in [5.41, 5.74) is -0.838. The molecule has 1 aromatic carbocycles. The predicted molar refractivity (Wildman–Crippen MR) is 104 cm³/mol. The van der Waals surface area contributed by atoms with E-state index in [0.717, 1.165) is 17.7 Å². The highest BCUT2D eigenvalue weighted by molar-refractivity contribution is 6.03. The number of rotatable bonds is 4. The first kappa shape index (κ1) is 19.7. The molecule has 1 aromatic heterocycles. The van der Waals surface area contributed by atoms with Crippen LogP contribution in [0.1, 0.15) is 11.1 Å². The predicted octanol–water partition coefficient (Wildman–Crippen LogP) is 2.70. The van der Waals surface area contributed by atoms with Crippen LogP contribution in [-0.4, -0.2) is 35.0 Å². The van der Waals surface area contributed by atoms with Crippen LogP contribution >= 0.6 is 0 Å². The Kier molecular flexibility index (Phi) is 4.40. The number of hydrogen-bond donors (Lipinski definition) is 1. The Hall–Kier alpha value is -3.20. The SMILES string of the molecule is O=C(NCc1ccncc1)[C@H]1[C@H]2C(=O)N(c3cccc(C(F)(F)F)c3)C[C@]23C=C[C@H]1O3. The van der Waals surface area contributed by atoms with Crippen molar-refractivity contribution in [3.05, 3.63) is 72.1 Å². The molecule has 4 heterocycles. The maximum Gasteiger partial charge on any atom is 0.416 e. The van der Waals surface area contributed by atoms with E-state index in [1.807, 2.05) is 0 Å². The molecule has 9 heteroatoms. The van der Waals surface area contributed by atoms with E-state index in [2.05, 4.69) is 10.3 Å². The number of nitrogens with zero attached hydrogens (tertiary/aromatic N) is 2. The van der Waals surface area contributed by atoms with E-state index < -0.39 is 41.2 Å². The third-order valence-electron chi connectivity index (χ3n) is 6.10. The van der Waals surface area contributed by atoms with Gasteiger partial charge in [-0.2, -0.15) is 13.2 Å². The third-order valence-corrected chi connectivity index (χ3v) is 6.10. The number of fused-ring (bicyclic) bond motifs is 1. The van der Waals surface area contributed by atoms with E-state index in [9.17, 15) is 22.8 Å². The Labute approximate surface area is 175 Å². The van der Waals surface area contributed by atoms with E-state index in [1.54, 1.807) is 36.7 Å². The summed E-state index contributed by atoms with van der Waals surface area (Å²) in [4.78, 5) is 31.4. The van der Waals surface area contributed by atoms with Crippen molar-refractivity contribution in [2.75, 3.05) is 11.4 Å². The first-order valence-corrected chi connectivity index (χ1v) is 9.81. The number of halogens is 3. The van der Waals surface area contributed by atoms with Gasteiger partial charge in [0.05, 0.1) is 30.0 Å². The first-order chi connectivity index (χ1) is 14.8. The monoisotopic (exact) mass is 429 g/mol. The highest BCUT2D eigenvalue weighted by Crippen LogP contribution is 2.52. The van der Waals surface area contributed by atoms with Crippen LogP contribution in [0.15, 0.2) is 60.9 Å². The molecule has 3 aliphatic heterocycles. The van der Waals surface area contributed by atoms with Crippen LogP contribution in [0, 0.1) is 11.8 Å². The smallest absolute Gasteiger partial charge is 0.360 e. The first-order valence-electron chi connectivity index (χ1n) is 9.81. The summed E-state index contributed by atoms with van der Waals surface area (Å²) in [7, 11) is 0. The van der Waals surface area contributed by atoms with Crippen LogP contribution in [0.3, 0.4) is 0 Å². The quantitative estimate of drug-likeness (QED) is 0.759. The summed E-state index contributed by atoms with van der Waals surface area (Å²) in [6.07, 6.45) is 1.71. The molecule has 6 nitrogen and oxygen atoms in total. The molecule has 2 fully saturated rings. The average Bonchev–Trinajstić information content (AvgIpc) is 3.40. The molecule has 2 saturated heterocycles. The fraction of sp³-hybridized carbons (Fsp3) is 0.318. The van der Waals surface area contributed by atoms with Gasteiger partial charge in [0.25, 0.3) is 0 Å². The minimum Gasteiger partial charge on any atom is -0.360 e. The van der Waals surface area contributed by atoms with Gasteiger partial charge < -0.3 is 15.0 Å². The molecule has 1 spiro atoms. The Bertz CT molecular complexity index is 1070. The van der Waals surface area contributed by atoms with Gasteiger partial charge >= 0.3 is 6.18 Å². The average molecular weight is 429 g/mol. The number of nitrogens with one attached hydrogen (secondary N) is 1. The molecule has 1 N–H and O–H groups in total. The van der Waals surface area contributed by atoms with Gasteiger partial charge in [0.15, 0.2) is 0 Å². The molecule has 31 heavy (non-hydrogen) atoms. The van der Waals surface area contributed by atoms with Crippen LogP contribution in [0.4, 0.5) is 18.9 Å². The maximum atomic E-state index is 13.3. The number of alkyl halides is 3. The number of ether oxygens (including phenoxy) is 1. The van der Waals surface area contributed by atoms with Crippen LogP contribution in [-0.2, 0) is 27.0 Å². The summed E-state index contributed by atoms with van der Waals surface area (Å²) in [6.45, 7) is 0.346. The molecule has 0 aliphatic carbocycles. The lowest BCUT2D eigenvalue weighted by Crippen LogP contribution is -2.44. The lowest BCUT2D eigenvalue weighted by Gasteiger charge is -2.23. The van der Waals surface area contributed by atoms with Crippen molar-refractivity contribution in [3.8, 4) is 0 Å². The molecule has 5 rings (SSSR count). The van der Waals surface area contributed by atoms with Crippen molar-refractivity contribution in [3.63, 3.8) is 0 Å². The second kappa shape index (κ2) is 6.91. The maximum absolute atomic E-state index is 13.3. The topological polar surface area (TPSA) is 71.5 Å². The van der Waals surface area contributed by atoms with E-state index in [0.29, 0.717) is 0 Å². The Morgan fingerprint density at radius 3 is 2.77 bits per heavy atom.